The molecule has 1 aromatic carbocycles. The van der Waals surface area contributed by atoms with Crippen LogP contribution < -0.4 is 10.6 Å². The summed E-state index contributed by atoms with van der Waals surface area (Å²) in [4.78, 5) is 4.19. The number of halogens is 1. The van der Waals surface area contributed by atoms with Crippen LogP contribution in [0.25, 0.3) is 0 Å². The largest absolute Gasteiger partial charge is 0.379 e. The Hall–Kier alpha value is -1.30. The van der Waals surface area contributed by atoms with Crippen molar-refractivity contribution in [3.05, 3.63) is 34.9 Å². The van der Waals surface area contributed by atoms with Crippen molar-refractivity contribution >= 4 is 17.6 Å². The zero-order valence-electron chi connectivity index (χ0n) is 14.8. The van der Waals surface area contributed by atoms with Gasteiger partial charge in [0.05, 0.1) is 19.8 Å². The molecule has 0 fully saturated rings. The van der Waals surface area contributed by atoms with Crippen molar-refractivity contribution in [2.45, 2.75) is 26.2 Å². The molecule has 0 aliphatic rings. The third-order valence-electron chi connectivity index (χ3n) is 3.37. The minimum atomic E-state index is 0.631. The van der Waals surface area contributed by atoms with Crippen molar-refractivity contribution in [1.29, 1.82) is 0 Å². The molecule has 0 spiro atoms. The molecule has 0 saturated heterocycles. The fourth-order valence-electron chi connectivity index (χ4n) is 2.05. The predicted octanol–water partition coefficient (Wildman–Crippen LogP) is 2.88. The van der Waals surface area contributed by atoms with E-state index in [1.54, 1.807) is 7.05 Å². The van der Waals surface area contributed by atoms with Crippen LogP contribution in [-0.4, -0.2) is 52.5 Å². The van der Waals surface area contributed by atoms with Crippen LogP contribution in [0.15, 0.2) is 29.3 Å². The van der Waals surface area contributed by atoms with Crippen LogP contribution >= 0.6 is 11.6 Å². The van der Waals surface area contributed by atoms with E-state index in [-0.39, 0.29) is 0 Å². The molecule has 1 aromatic rings. The molecule has 0 saturated carbocycles. The summed E-state index contributed by atoms with van der Waals surface area (Å²) in [5.74, 6) is 0.778. The Morgan fingerprint density at radius 2 is 1.83 bits per heavy atom. The van der Waals surface area contributed by atoms with E-state index in [9.17, 15) is 0 Å². The van der Waals surface area contributed by atoms with E-state index in [0.29, 0.717) is 26.4 Å². The first-order valence-electron chi connectivity index (χ1n) is 8.60. The Morgan fingerprint density at radius 3 is 2.54 bits per heavy atom. The number of rotatable bonds is 12. The van der Waals surface area contributed by atoms with Gasteiger partial charge in [0.25, 0.3) is 0 Å². The standard InChI is InChI=1S/C18H30ClN3O2/c1-3-4-11-23-13-14-24-12-10-22-18(20-2)21-9-8-16-6-5-7-17(19)15-16/h5-7,15H,3-4,8-14H2,1-2H3,(H2,20,21,22). The quantitative estimate of drug-likeness (QED) is 0.344. The molecule has 24 heavy (non-hydrogen) atoms. The van der Waals surface area contributed by atoms with E-state index in [1.165, 1.54) is 5.56 Å². The highest BCUT2D eigenvalue weighted by Gasteiger charge is 1.98. The van der Waals surface area contributed by atoms with E-state index in [1.807, 2.05) is 18.2 Å². The summed E-state index contributed by atoms with van der Waals surface area (Å²) < 4.78 is 10.9. The Labute approximate surface area is 150 Å². The fraction of sp³-hybridized carbons (Fsp3) is 0.611. The molecule has 0 aliphatic carbocycles. The zero-order chi connectivity index (χ0) is 17.5. The maximum Gasteiger partial charge on any atom is 0.191 e. The van der Waals surface area contributed by atoms with Crippen LogP contribution in [-0.2, 0) is 15.9 Å². The van der Waals surface area contributed by atoms with Crippen LogP contribution in [0, 0.1) is 0 Å². The lowest BCUT2D eigenvalue weighted by atomic mass is 10.1. The zero-order valence-corrected chi connectivity index (χ0v) is 15.6. The van der Waals surface area contributed by atoms with Crippen molar-refractivity contribution in [3.8, 4) is 0 Å². The first kappa shape index (κ1) is 20.7. The van der Waals surface area contributed by atoms with Gasteiger partial charge in [-0.05, 0) is 30.5 Å². The molecule has 0 amide bonds. The number of hydrogen-bond donors (Lipinski definition) is 2. The van der Waals surface area contributed by atoms with Gasteiger partial charge in [-0.2, -0.15) is 0 Å². The van der Waals surface area contributed by atoms with Crippen LogP contribution in [0.4, 0.5) is 0 Å². The lowest BCUT2D eigenvalue weighted by molar-refractivity contribution is 0.0487. The second-order valence-electron chi connectivity index (χ2n) is 5.38. The van der Waals surface area contributed by atoms with Crippen molar-refractivity contribution < 1.29 is 9.47 Å². The number of benzene rings is 1. The fourth-order valence-corrected chi connectivity index (χ4v) is 2.26. The van der Waals surface area contributed by atoms with E-state index in [0.717, 1.165) is 43.4 Å². The topological polar surface area (TPSA) is 54.9 Å². The average Bonchev–Trinajstić information content (AvgIpc) is 2.59. The molecule has 1 rings (SSSR count). The molecule has 0 heterocycles. The average molecular weight is 356 g/mol. The number of ether oxygens (including phenoxy) is 2. The van der Waals surface area contributed by atoms with E-state index in [2.05, 4.69) is 28.6 Å². The maximum absolute atomic E-state index is 5.98. The number of nitrogens with one attached hydrogen (secondary N) is 2. The normalized spacial score (nSPS) is 11.5. The molecule has 0 unspecified atom stereocenters. The second-order valence-corrected chi connectivity index (χ2v) is 5.82. The molecular formula is C18H30ClN3O2. The summed E-state index contributed by atoms with van der Waals surface area (Å²) in [6, 6.07) is 7.90. The maximum atomic E-state index is 5.98. The summed E-state index contributed by atoms with van der Waals surface area (Å²) in [6.45, 7) is 6.41. The predicted molar refractivity (Wildman–Crippen MR) is 101 cm³/mol. The van der Waals surface area contributed by atoms with Gasteiger partial charge in [0, 0.05) is 31.8 Å². The highest BCUT2D eigenvalue weighted by atomic mass is 35.5. The van der Waals surface area contributed by atoms with Crippen LogP contribution in [0.3, 0.4) is 0 Å². The molecule has 2 N–H and O–H groups in total. The Bertz CT molecular complexity index is 469. The molecule has 0 bridgehead atoms. The molecule has 0 aromatic heterocycles. The molecule has 0 radical (unpaired) electrons. The van der Waals surface area contributed by atoms with E-state index >= 15 is 0 Å². The van der Waals surface area contributed by atoms with Gasteiger partial charge >= 0.3 is 0 Å². The smallest absolute Gasteiger partial charge is 0.191 e. The minimum absolute atomic E-state index is 0.631. The van der Waals surface area contributed by atoms with Crippen LogP contribution in [0.2, 0.25) is 5.02 Å². The minimum Gasteiger partial charge on any atom is -0.379 e. The SMILES string of the molecule is CCCCOCCOCCNC(=NC)NCCc1cccc(Cl)c1. The number of nitrogens with zero attached hydrogens (tertiary/aromatic N) is 1. The van der Waals surface area contributed by atoms with Crippen molar-refractivity contribution in [2.24, 2.45) is 4.99 Å². The third kappa shape index (κ3) is 10.5. The first-order chi connectivity index (χ1) is 11.8. The summed E-state index contributed by atoms with van der Waals surface area (Å²) in [5, 5.41) is 7.27. The summed E-state index contributed by atoms with van der Waals surface area (Å²) in [5.41, 5.74) is 1.21. The van der Waals surface area contributed by atoms with Gasteiger partial charge < -0.3 is 20.1 Å². The Kier molecular flexibility index (Phi) is 12.2. The molecular weight excluding hydrogens is 326 g/mol. The lowest BCUT2D eigenvalue weighted by Crippen LogP contribution is -2.39. The van der Waals surface area contributed by atoms with Crippen LogP contribution in [0.1, 0.15) is 25.3 Å². The van der Waals surface area contributed by atoms with Gasteiger partial charge in [-0.1, -0.05) is 37.1 Å². The highest BCUT2D eigenvalue weighted by molar-refractivity contribution is 6.30. The van der Waals surface area contributed by atoms with E-state index in [4.69, 9.17) is 21.1 Å². The molecule has 0 atom stereocenters. The van der Waals surface area contributed by atoms with Crippen molar-refractivity contribution in [1.82, 2.24) is 10.6 Å². The lowest BCUT2D eigenvalue weighted by Gasteiger charge is -2.12. The summed E-state index contributed by atoms with van der Waals surface area (Å²) in [6.07, 6.45) is 3.17. The second kappa shape index (κ2) is 14.1. The molecule has 0 aliphatic heterocycles. The van der Waals surface area contributed by atoms with Crippen LogP contribution in [0.5, 0.6) is 0 Å². The van der Waals surface area contributed by atoms with Gasteiger partial charge in [0.2, 0.25) is 0 Å². The van der Waals surface area contributed by atoms with Gasteiger partial charge in [-0.15, -0.1) is 0 Å². The van der Waals surface area contributed by atoms with Crippen molar-refractivity contribution in [3.63, 3.8) is 0 Å². The van der Waals surface area contributed by atoms with Gasteiger partial charge in [-0.25, -0.2) is 0 Å². The monoisotopic (exact) mass is 355 g/mol. The molecule has 5 nitrogen and oxygen atoms in total. The third-order valence-corrected chi connectivity index (χ3v) is 3.61. The number of aliphatic imine (C=N–C) groups is 1. The number of hydrogen-bond acceptors (Lipinski definition) is 3. The Morgan fingerprint density at radius 1 is 1.08 bits per heavy atom. The van der Waals surface area contributed by atoms with Gasteiger partial charge in [-0.3, -0.25) is 4.99 Å². The number of guanidine groups is 1. The van der Waals surface area contributed by atoms with Gasteiger partial charge in [0.15, 0.2) is 5.96 Å². The van der Waals surface area contributed by atoms with Crippen molar-refractivity contribution in [2.75, 3.05) is 46.6 Å². The number of unbranched alkanes of at least 4 members (excludes halogenated alkanes) is 1. The summed E-state index contributed by atoms with van der Waals surface area (Å²) >= 11 is 5.98. The molecule has 6 heteroatoms. The van der Waals surface area contributed by atoms with Gasteiger partial charge in [0.1, 0.15) is 0 Å². The Balaban J connectivity index is 2.02. The first-order valence-corrected chi connectivity index (χ1v) is 8.98. The van der Waals surface area contributed by atoms with E-state index < -0.39 is 0 Å². The summed E-state index contributed by atoms with van der Waals surface area (Å²) in [7, 11) is 1.76. The molecule has 136 valence electrons. The highest BCUT2D eigenvalue weighted by Crippen LogP contribution is 2.10.